The monoisotopic (exact) mass is 264 g/mol. The fraction of sp³-hybridized carbons (Fsp3) is 0.333. The van der Waals surface area contributed by atoms with Crippen LogP contribution in [0.25, 0.3) is 0 Å². The average Bonchev–Trinajstić information content (AvgIpc) is 2.80. The Morgan fingerprint density at radius 3 is 2.89 bits per heavy atom. The third kappa shape index (κ3) is 2.54. The van der Waals surface area contributed by atoms with Crippen LogP contribution in [0.15, 0.2) is 24.3 Å². The summed E-state index contributed by atoms with van der Waals surface area (Å²) in [5.41, 5.74) is 0.331. The van der Waals surface area contributed by atoms with Gasteiger partial charge >= 0.3 is 5.97 Å². The van der Waals surface area contributed by atoms with Gasteiger partial charge in [-0.2, -0.15) is 0 Å². The maximum absolute atomic E-state index is 11.8. The zero-order chi connectivity index (χ0) is 14.0. The van der Waals surface area contributed by atoms with E-state index in [2.05, 4.69) is 4.74 Å². The van der Waals surface area contributed by atoms with Crippen LogP contribution in [0, 0.1) is 16.0 Å². The Labute approximate surface area is 108 Å². The maximum Gasteiger partial charge on any atom is 0.311 e. The summed E-state index contributed by atoms with van der Waals surface area (Å²) < 4.78 is 4.60. The summed E-state index contributed by atoms with van der Waals surface area (Å²) in [6.45, 7) is 0.187. The van der Waals surface area contributed by atoms with Gasteiger partial charge in [0.15, 0.2) is 0 Å². The minimum absolute atomic E-state index is 0.0648. The molecule has 1 heterocycles. The second-order valence-electron chi connectivity index (χ2n) is 4.21. The minimum atomic E-state index is -0.526. The van der Waals surface area contributed by atoms with Crippen molar-refractivity contribution in [1.82, 2.24) is 0 Å². The molecule has 100 valence electrons. The molecule has 7 nitrogen and oxygen atoms in total. The van der Waals surface area contributed by atoms with Crippen LogP contribution in [0.3, 0.4) is 0 Å². The highest BCUT2D eigenvalue weighted by Gasteiger charge is 2.36. The number of ether oxygens (including phenoxy) is 1. The quantitative estimate of drug-likeness (QED) is 0.463. The summed E-state index contributed by atoms with van der Waals surface area (Å²) in [5.74, 6) is -1.20. The summed E-state index contributed by atoms with van der Waals surface area (Å²) in [7, 11) is 1.27. The van der Waals surface area contributed by atoms with Gasteiger partial charge in [-0.1, -0.05) is 6.07 Å². The van der Waals surface area contributed by atoms with E-state index < -0.39 is 16.8 Å². The molecule has 0 saturated carbocycles. The van der Waals surface area contributed by atoms with Gasteiger partial charge in [0.2, 0.25) is 5.91 Å². The predicted molar refractivity (Wildman–Crippen MR) is 65.6 cm³/mol. The molecule has 0 aromatic heterocycles. The molecule has 0 bridgehead atoms. The first kappa shape index (κ1) is 13.0. The van der Waals surface area contributed by atoms with Gasteiger partial charge in [0.05, 0.1) is 23.6 Å². The Kier molecular flexibility index (Phi) is 3.46. The zero-order valence-corrected chi connectivity index (χ0v) is 10.2. The highest BCUT2D eigenvalue weighted by atomic mass is 16.6. The molecule has 7 heteroatoms. The lowest BCUT2D eigenvalue weighted by molar-refractivity contribution is -0.384. The number of carbonyl (C=O) groups excluding carboxylic acids is 2. The van der Waals surface area contributed by atoms with Gasteiger partial charge in [0.25, 0.3) is 5.69 Å². The summed E-state index contributed by atoms with van der Waals surface area (Å²) in [5, 5.41) is 10.7. The van der Waals surface area contributed by atoms with Crippen LogP contribution in [0.2, 0.25) is 0 Å². The molecule has 1 saturated heterocycles. The Morgan fingerprint density at radius 2 is 2.26 bits per heavy atom. The first-order valence-electron chi connectivity index (χ1n) is 5.65. The van der Waals surface area contributed by atoms with Gasteiger partial charge in [0, 0.05) is 25.1 Å². The van der Waals surface area contributed by atoms with Crippen molar-refractivity contribution < 1.29 is 19.2 Å². The normalized spacial score (nSPS) is 18.5. The fourth-order valence-corrected chi connectivity index (χ4v) is 2.06. The van der Waals surface area contributed by atoms with Gasteiger partial charge in [-0.15, -0.1) is 0 Å². The molecule has 2 rings (SSSR count). The Balaban J connectivity index is 2.23. The molecular formula is C12H12N2O5. The molecule has 1 atom stereocenters. The smallest absolute Gasteiger partial charge is 0.311 e. The molecule has 1 aromatic carbocycles. The lowest BCUT2D eigenvalue weighted by atomic mass is 10.1. The van der Waals surface area contributed by atoms with E-state index in [1.807, 2.05) is 0 Å². The predicted octanol–water partition coefficient (Wildman–Crippen LogP) is 1.12. The maximum atomic E-state index is 11.8. The van der Waals surface area contributed by atoms with Gasteiger partial charge in [-0.25, -0.2) is 0 Å². The van der Waals surface area contributed by atoms with Crippen LogP contribution in [0.5, 0.6) is 0 Å². The Hall–Kier alpha value is -2.44. The molecule has 1 aromatic rings. The first-order chi connectivity index (χ1) is 9.02. The van der Waals surface area contributed by atoms with Gasteiger partial charge in [-0.3, -0.25) is 19.7 Å². The van der Waals surface area contributed by atoms with E-state index in [0.717, 1.165) is 0 Å². The zero-order valence-electron chi connectivity index (χ0n) is 10.2. The van der Waals surface area contributed by atoms with Crippen LogP contribution >= 0.6 is 0 Å². The van der Waals surface area contributed by atoms with Crippen molar-refractivity contribution in [3.05, 3.63) is 34.4 Å². The molecule has 0 radical (unpaired) electrons. The van der Waals surface area contributed by atoms with E-state index >= 15 is 0 Å². The summed E-state index contributed by atoms with van der Waals surface area (Å²) in [4.78, 5) is 34.8. The van der Waals surface area contributed by atoms with E-state index in [1.165, 1.54) is 30.2 Å². The lowest BCUT2D eigenvalue weighted by Gasteiger charge is -2.15. The lowest BCUT2D eigenvalue weighted by Crippen LogP contribution is -2.26. The largest absolute Gasteiger partial charge is 0.469 e. The van der Waals surface area contributed by atoms with Gasteiger partial charge in [-0.05, 0) is 6.07 Å². The highest BCUT2D eigenvalue weighted by Crippen LogP contribution is 2.28. The Bertz CT molecular complexity index is 543. The van der Waals surface area contributed by atoms with Crippen LogP contribution in [0.4, 0.5) is 11.4 Å². The van der Waals surface area contributed by atoms with E-state index in [-0.39, 0.29) is 24.6 Å². The van der Waals surface area contributed by atoms with E-state index in [9.17, 15) is 19.7 Å². The summed E-state index contributed by atoms with van der Waals surface area (Å²) >= 11 is 0. The molecule has 1 amide bonds. The number of methoxy groups -OCH3 is 1. The van der Waals surface area contributed by atoms with Crippen molar-refractivity contribution in [2.45, 2.75) is 6.42 Å². The van der Waals surface area contributed by atoms with E-state index in [4.69, 9.17) is 0 Å². The van der Waals surface area contributed by atoms with E-state index in [1.54, 1.807) is 6.07 Å². The molecule has 0 N–H and O–H groups in total. The molecule has 0 aliphatic carbocycles. The minimum Gasteiger partial charge on any atom is -0.469 e. The second kappa shape index (κ2) is 5.05. The summed E-state index contributed by atoms with van der Waals surface area (Å²) in [6, 6.07) is 5.77. The van der Waals surface area contributed by atoms with Crippen LogP contribution in [0.1, 0.15) is 6.42 Å². The average molecular weight is 264 g/mol. The molecular weight excluding hydrogens is 252 g/mol. The van der Waals surface area contributed by atoms with Crippen molar-refractivity contribution in [1.29, 1.82) is 0 Å². The molecule has 1 fully saturated rings. The number of nitro groups is 1. The third-order valence-electron chi connectivity index (χ3n) is 3.01. The summed E-state index contributed by atoms with van der Waals surface area (Å²) in [6.07, 6.45) is 0.0648. The molecule has 1 aliphatic heterocycles. The van der Waals surface area contributed by atoms with Crippen LogP contribution in [-0.4, -0.2) is 30.5 Å². The SMILES string of the molecule is COC(=O)C1CC(=O)N(c2cccc([N+](=O)[O-])c2)C1. The van der Waals surface area contributed by atoms with Gasteiger partial charge < -0.3 is 9.64 Å². The number of amides is 1. The van der Waals surface area contributed by atoms with Crippen molar-refractivity contribution in [2.24, 2.45) is 5.92 Å². The number of anilines is 1. The third-order valence-corrected chi connectivity index (χ3v) is 3.01. The van der Waals surface area contributed by atoms with Crippen molar-refractivity contribution >= 4 is 23.3 Å². The van der Waals surface area contributed by atoms with Crippen molar-refractivity contribution in [2.75, 3.05) is 18.6 Å². The van der Waals surface area contributed by atoms with E-state index in [0.29, 0.717) is 5.69 Å². The topological polar surface area (TPSA) is 89.8 Å². The number of benzene rings is 1. The van der Waals surface area contributed by atoms with Gasteiger partial charge in [0.1, 0.15) is 0 Å². The highest BCUT2D eigenvalue weighted by molar-refractivity contribution is 5.99. The number of hydrogen-bond donors (Lipinski definition) is 0. The molecule has 0 spiro atoms. The number of non-ortho nitro benzene ring substituents is 1. The first-order valence-corrected chi connectivity index (χ1v) is 5.65. The van der Waals surface area contributed by atoms with Crippen molar-refractivity contribution in [3.8, 4) is 0 Å². The number of hydrogen-bond acceptors (Lipinski definition) is 5. The number of carbonyl (C=O) groups is 2. The van der Waals surface area contributed by atoms with Crippen LogP contribution < -0.4 is 4.90 Å². The van der Waals surface area contributed by atoms with Crippen molar-refractivity contribution in [3.63, 3.8) is 0 Å². The Morgan fingerprint density at radius 1 is 1.53 bits per heavy atom. The second-order valence-corrected chi connectivity index (χ2v) is 4.21. The molecule has 1 aliphatic rings. The molecule has 19 heavy (non-hydrogen) atoms. The van der Waals surface area contributed by atoms with Crippen LogP contribution in [-0.2, 0) is 14.3 Å². The number of nitro benzene ring substituents is 1. The number of rotatable bonds is 3. The fourth-order valence-electron chi connectivity index (χ4n) is 2.06. The molecule has 1 unspecified atom stereocenters. The number of esters is 1. The number of nitrogens with zero attached hydrogens (tertiary/aromatic N) is 2. The standard InChI is InChI=1S/C12H12N2O5/c1-19-12(16)8-5-11(15)13(7-8)9-3-2-4-10(6-9)14(17)18/h2-4,6,8H,5,7H2,1H3.